The molecular weight excluding hydrogens is 420 g/mol. The normalized spacial score (nSPS) is 18.9. The number of anilines is 1. The van der Waals surface area contributed by atoms with Gasteiger partial charge in [0.05, 0.1) is 12.3 Å². The van der Waals surface area contributed by atoms with Gasteiger partial charge in [-0.2, -0.15) is 0 Å². The van der Waals surface area contributed by atoms with E-state index in [-0.39, 0.29) is 23.6 Å². The number of allylic oxidation sites excluding steroid dienone is 2. The molecule has 32 heavy (non-hydrogen) atoms. The van der Waals surface area contributed by atoms with Crippen LogP contribution in [0.25, 0.3) is 0 Å². The number of aromatic hydroxyl groups is 1. The third-order valence-corrected chi connectivity index (χ3v) is 6.95. The first-order valence-corrected chi connectivity index (χ1v) is 12.5. The molecule has 0 radical (unpaired) electrons. The summed E-state index contributed by atoms with van der Waals surface area (Å²) in [4.78, 5) is 12.3. The summed E-state index contributed by atoms with van der Waals surface area (Å²) in [6.07, 6.45) is 9.17. The number of ether oxygens (including phenoxy) is 1. The van der Waals surface area contributed by atoms with Gasteiger partial charge in [0.1, 0.15) is 11.5 Å². The summed E-state index contributed by atoms with van der Waals surface area (Å²) in [5.74, 6) is 2.72. The molecule has 170 valence electrons. The van der Waals surface area contributed by atoms with Gasteiger partial charge >= 0.3 is 0 Å². The lowest BCUT2D eigenvalue weighted by atomic mass is 9.90. The molecule has 3 N–H and O–H groups in total. The third-order valence-electron chi connectivity index (χ3n) is 5.99. The standard InChI is InChI=1S/C26H32N2O3S/c1-18(20-8-5-10-23(16-20)31-17-19-12-13-19)28-32-14-4-2-3-7-22-15-21-9-6-11-24(29)25(21)27-26(22)30/h2-3,5-6,8-11,16,18-19,22,28-29H,4,7,12-15,17H2,1H3,(H,27,30)/b3-2+. The van der Waals surface area contributed by atoms with Crippen LogP contribution in [0.3, 0.4) is 0 Å². The third kappa shape index (κ3) is 6.30. The molecule has 6 heteroatoms. The van der Waals surface area contributed by atoms with Crippen molar-refractivity contribution in [2.24, 2.45) is 11.8 Å². The Kier molecular flexibility index (Phi) is 7.76. The first kappa shape index (κ1) is 22.7. The highest BCUT2D eigenvalue weighted by Gasteiger charge is 2.26. The molecule has 2 atom stereocenters. The molecule has 2 aromatic rings. The Hall–Kier alpha value is -2.44. The minimum Gasteiger partial charge on any atom is -0.506 e. The van der Waals surface area contributed by atoms with E-state index in [9.17, 15) is 9.90 Å². The van der Waals surface area contributed by atoms with Crippen LogP contribution in [0.4, 0.5) is 5.69 Å². The average Bonchev–Trinajstić information content (AvgIpc) is 3.63. The number of para-hydroxylation sites is 1. The molecule has 1 aliphatic heterocycles. The van der Waals surface area contributed by atoms with Crippen molar-refractivity contribution in [1.29, 1.82) is 0 Å². The zero-order chi connectivity index (χ0) is 22.3. The predicted molar refractivity (Wildman–Crippen MR) is 131 cm³/mol. The smallest absolute Gasteiger partial charge is 0.228 e. The van der Waals surface area contributed by atoms with Crippen molar-refractivity contribution in [2.75, 3.05) is 17.7 Å². The number of hydrogen-bond acceptors (Lipinski definition) is 5. The van der Waals surface area contributed by atoms with Crippen LogP contribution in [-0.2, 0) is 11.2 Å². The van der Waals surface area contributed by atoms with Gasteiger partial charge in [-0.05, 0) is 74.3 Å². The number of rotatable bonds is 11. The Morgan fingerprint density at radius 3 is 2.94 bits per heavy atom. The second-order valence-corrected chi connectivity index (χ2v) is 9.64. The predicted octanol–water partition coefficient (Wildman–Crippen LogP) is 5.63. The molecule has 1 fully saturated rings. The van der Waals surface area contributed by atoms with E-state index < -0.39 is 0 Å². The molecule has 1 aliphatic carbocycles. The number of carbonyl (C=O) groups excluding carboxylic acids is 1. The molecule has 1 heterocycles. The van der Waals surface area contributed by atoms with Crippen LogP contribution < -0.4 is 14.8 Å². The van der Waals surface area contributed by atoms with Crippen LogP contribution in [0.2, 0.25) is 0 Å². The summed E-state index contributed by atoms with van der Waals surface area (Å²) in [5.41, 5.74) is 2.80. The van der Waals surface area contributed by atoms with E-state index in [2.05, 4.69) is 47.3 Å². The largest absolute Gasteiger partial charge is 0.506 e. The minimum absolute atomic E-state index is 0.0168. The van der Waals surface area contributed by atoms with Crippen LogP contribution in [0.1, 0.15) is 49.8 Å². The summed E-state index contributed by atoms with van der Waals surface area (Å²) in [7, 11) is 0. The summed E-state index contributed by atoms with van der Waals surface area (Å²) >= 11 is 1.72. The Morgan fingerprint density at radius 2 is 2.09 bits per heavy atom. The monoisotopic (exact) mass is 452 g/mol. The number of phenolic OH excluding ortho intramolecular Hbond substituents is 1. The van der Waals surface area contributed by atoms with E-state index in [1.807, 2.05) is 18.2 Å². The minimum atomic E-state index is -0.0826. The van der Waals surface area contributed by atoms with Crippen LogP contribution in [0, 0.1) is 11.8 Å². The van der Waals surface area contributed by atoms with Crippen molar-refractivity contribution in [3.63, 3.8) is 0 Å². The molecule has 0 bridgehead atoms. The molecule has 5 nitrogen and oxygen atoms in total. The van der Waals surface area contributed by atoms with Gasteiger partial charge in [-0.3, -0.25) is 9.52 Å². The fourth-order valence-electron chi connectivity index (χ4n) is 3.80. The van der Waals surface area contributed by atoms with Crippen LogP contribution >= 0.6 is 11.9 Å². The average molecular weight is 453 g/mol. The maximum Gasteiger partial charge on any atom is 0.228 e. The quantitative estimate of drug-likeness (QED) is 0.178. The highest BCUT2D eigenvalue weighted by atomic mass is 32.2. The molecule has 2 unspecified atom stereocenters. The lowest BCUT2D eigenvalue weighted by Gasteiger charge is -2.24. The van der Waals surface area contributed by atoms with Crippen molar-refractivity contribution >= 4 is 23.5 Å². The van der Waals surface area contributed by atoms with E-state index in [0.717, 1.165) is 36.0 Å². The van der Waals surface area contributed by atoms with Crippen molar-refractivity contribution in [1.82, 2.24) is 4.72 Å². The molecule has 2 aromatic carbocycles. The van der Waals surface area contributed by atoms with Crippen LogP contribution in [0.15, 0.2) is 54.6 Å². The number of benzene rings is 2. The maximum atomic E-state index is 12.3. The first-order chi connectivity index (χ1) is 15.6. The van der Waals surface area contributed by atoms with E-state index in [1.165, 1.54) is 18.4 Å². The second-order valence-electron chi connectivity index (χ2n) is 8.71. The fourth-order valence-corrected chi connectivity index (χ4v) is 4.56. The van der Waals surface area contributed by atoms with Crippen molar-refractivity contribution < 1.29 is 14.6 Å². The molecule has 0 aromatic heterocycles. The summed E-state index contributed by atoms with van der Waals surface area (Å²) < 4.78 is 9.40. The van der Waals surface area contributed by atoms with E-state index >= 15 is 0 Å². The Labute approximate surface area is 194 Å². The molecule has 0 saturated heterocycles. The lowest BCUT2D eigenvalue weighted by molar-refractivity contribution is -0.120. The van der Waals surface area contributed by atoms with Crippen molar-refractivity contribution in [3.05, 3.63) is 65.7 Å². The number of nitrogens with one attached hydrogen (secondary N) is 2. The van der Waals surface area contributed by atoms with Gasteiger partial charge in [-0.25, -0.2) is 0 Å². The molecule has 1 saturated carbocycles. The van der Waals surface area contributed by atoms with Gasteiger partial charge in [0.15, 0.2) is 0 Å². The number of fused-ring (bicyclic) bond motifs is 1. The van der Waals surface area contributed by atoms with Gasteiger partial charge in [-0.15, -0.1) is 0 Å². The highest BCUT2D eigenvalue weighted by Crippen LogP contribution is 2.34. The Bertz CT molecular complexity index is 958. The SMILES string of the molecule is CC(NSCC/C=C/CC1Cc2cccc(O)c2NC1=O)c1cccc(OCC2CC2)c1. The van der Waals surface area contributed by atoms with Crippen LogP contribution in [-0.4, -0.2) is 23.4 Å². The second kappa shape index (κ2) is 10.9. The molecule has 0 spiro atoms. The molecule has 2 aliphatic rings. The zero-order valence-electron chi connectivity index (χ0n) is 18.5. The lowest BCUT2D eigenvalue weighted by Crippen LogP contribution is -2.29. The van der Waals surface area contributed by atoms with Crippen LogP contribution in [0.5, 0.6) is 11.5 Å². The number of carbonyl (C=O) groups is 1. The number of amides is 1. The summed E-state index contributed by atoms with van der Waals surface area (Å²) in [5, 5.41) is 12.7. The zero-order valence-corrected chi connectivity index (χ0v) is 19.4. The topological polar surface area (TPSA) is 70.6 Å². The van der Waals surface area contributed by atoms with Gasteiger partial charge < -0.3 is 15.2 Å². The Balaban J connectivity index is 1.14. The van der Waals surface area contributed by atoms with Gasteiger partial charge in [0.25, 0.3) is 0 Å². The van der Waals surface area contributed by atoms with Crippen molar-refractivity contribution in [3.8, 4) is 11.5 Å². The Morgan fingerprint density at radius 1 is 1.25 bits per heavy atom. The first-order valence-electron chi connectivity index (χ1n) is 11.5. The molecular formula is C26H32N2O3S. The molecule has 1 amide bonds. The van der Waals surface area contributed by atoms with Gasteiger partial charge in [0.2, 0.25) is 5.91 Å². The maximum absolute atomic E-state index is 12.3. The fraction of sp³-hybridized carbons (Fsp3) is 0.423. The van der Waals surface area contributed by atoms with Crippen molar-refractivity contribution in [2.45, 2.75) is 45.1 Å². The van der Waals surface area contributed by atoms with E-state index in [0.29, 0.717) is 18.5 Å². The molecule has 4 rings (SSSR count). The van der Waals surface area contributed by atoms with Gasteiger partial charge in [0, 0.05) is 17.7 Å². The van der Waals surface area contributed by atoms with E-state index in [4.69, 9.17) is 4.74 Å². The highest BCUT2D eigenvalue weighted by molar-refractivity contribution is 7.97. The van der Waals surface area contributed by atoms with Gasteiger partial charge in [-0.1, -0.05) is 48.4 Å². The number of hydrogen-bond donors (Lipinski definition) is 3. The van der Waals surface area contributed by atoms with E-state index in [1.54, 1.807) is 18.0 Å². The summed E-state index contributed by atoms with van der Waals surface area (Å²) in [6, 6.07) is 14.0. The summed E-state index contributed by atoms with van der Waals surface area (Å²) in [6.45, 7) is 3.00. The number of phenols is 1.